The third-order valence-electron chi connectivity index (χ3n) is 4.91. The number of nitrogens with zero attached hydrogens (tertiary/aromatic N) is 2. The van der Waals surface area contributed by atoms with Gasteiger partial charge in [0.1, 0.15) is 11.0 Å². The number of imidazole rings is 2. The first-order valence-corrected chi connectivity index (χ1v) is 7.88. The van der Waals surface area contributed by atoms with Crippen molar-refractivity contribution in [3.63, 3.8) is 0 Å². The predicted molar refractivity (Wildman–Crippen MR) is 99.0 cm³/mol. The Morgan fingerprint density at radius 3 is 1.46 bits per heavy atom. The molecule has 6 N–H and O–H groups in total. The Hall–Kier alpha value is -3.02. The van der Waals surface area contributed by atoms with Crippen LogP contribution in [0.15, 0.2) is 12.1 Å². The van der Waals surface area contributed by atoms with Gasteiger partial charge in [-0.05, 0) is 62.1 Å². The molecule has 0 aliphatic rings. The highest BCUT2D eigenvalue weighted by molar-refractivity contribution is 5.94. The van der Waals surface area contributed by atoms with E-state index in [0.29, 0.717) is 23.0 Å². The Kier molecular flexibility index (Phi) is 2.87. The van der Waals surface area contributed by atoms with E-state index in [0.717, 1.165) is 44.3 Å². The molecule has 2 heterocycles. The molecule has 0 radical (unpaired) electrons. The summed E-state index contributed by atoms with van der Waals surface area (Å²) in [6, 6.07) is 4.12. The van der Waals surface area contributed by atoms with Gasteiger partial charge in [0.25, 0.3) is 0 Å². The quantitative estimate of drug-likeness (QED) is 0.402. The normalized spacial score (nSPS) is 11.7. The van der Waals surface area contributed by atoms with E-state index in [-0.39, 0.29) is 0 Å². The fourth-order valence-corrected chi connectivity index (χ4v) is 3.05. The van der Waals surface area contributed by atoms with E-state index in [9.17, 15) is 0 Å². The Balaban J connectivity index is 1.96. The molecule has 0 spiro atoms. The lowest BCUT2D eigenvalue weighted by atomic mass is 10.1. The number of nitrogen functional groups attached to an aromatic ring is 2. The molecule has 0 fully saturated rings. The fraction of sp³-hybridized carbons (Fsp3) is 0.222. The molecular weight excluding hydrogens is 300 g/mol. The first-order valence-electron chi connectivity index (χ1n) is 7.88. The van der Waals surface area contributed by atoms with Crippen molar-refractivity contribution >= 4 is 33.4 Å². The van der Waals surface area contributed by atoms with E-state index in [1.54, 1.807) is 0 Å². The average Bonchev–Trinajstić information content (AvgIpc) is 3.14. The number of anilines is 2. The molecule has 2 aromatic heterocycles. The molecule has 0 aliphatic heterocycles. The topological polar surface area (TPSA) is 109 Å². The van der Waals surface area contributed by atoms with Crippen LogP contribution in [-0.4, -0.2) is 19.9 Å². The number of hydrogen-bond donors (Lipinski definition) is 4. The number of nitrogens with one attached hydrogen (secondary N) is 2. The molecule has 0 unspecified atom stereocenters. The van der Waals surface area contributed by atoms with Gasteiger partial charge in [-0.15, -0.1) is 0 Å². The smallest absolute Gasteiger partial charge is 0.174 e. The summed E-state index contributed by atoms with van der Waals surface area (Å²) in [5.41, 5.74) is 21.6. The molecule has 6 nitrogen and oxygen atoms in total. The minimum atomic E-state index is 0.660. The zero-order valence-electron chi connectivity index (χ0n) is 14.2. The van der Waals surface area contributed by atoms with Crippen LogP contribution >= 0.6 is 0 Å². The summed E-state index contributed by atoms with van der Waals surface area (Å²) in [5.74, 6) is 1.32. The van der Waals surface area contributed by atoms with Crippen LogP contribution in [0.1, 0.15) is 22.3 Å². The van der Waals surface area contributed by atoms with Gasteiger partial charge in [0, 0.05) is 0 Å². The van der Waals surface area contributed by atoms with Crippen LogP contribution in [0.3, 0.4) is 0 Å². The van der Waals surface area contributed by atoms with E-state index >= 15 is 0 Å². The average molecular weight is 320 g/mol. The van der Waals surface area contributed by atoms with E-state index in [4.69, 9.17) is 11.5 Å². The standard InChI is InChI=1S/C18H20N6/c1-7-5-11-15(13(19)9(7)3)23-17(21-11)18-22-12-6-8(2)10(4)14(20)16(12)24-18/h5-6H,19-20H2,1-4H3,(H,21,23)(H,22,24). The minimum Gasteiger partial charge on any atom is -0.397 e. The van der Waals surface area contributed by atoms with Gasteiger partial charge < -0.3 is 21.4 Å². The number of H-pyrrole nitrogens is 2. The van der Waals surface area contributed by atoms with Gasteiger partial charge >= 0.3 is 0 Å². The van der Waals surface area contributed by atoms with Crippen LogP contribution in [-0.2, 0) is 0 Å². The summed E-state index contributed by atoms with van der Waals surface area (Å²) in [6.45, 7) is 8.09. The van der Waals surface area contributed by atoms with Crippen molar-refractivity contribution < 1.29 is 0 Å². The molecule has 0 aliphatic carbocycles. The Labute approximate surface area is 139 Å². The maximum Gasteiger partial charge on any atom is 0.174 e. The SMILES string of the molecule is Cc1cc2[nH]c(-c3nc4c(N)c(C)c(C)cc4[nH]3)nc2c(N)c1C. The van der Waals surface area contributed by atoms with Crippen LogP contribution in [0.5, 0.6) is 0 Å². The van der Waals surface area contributed by atoms with Crippen LogP contribution < -0.4 is 11.5 Å². The van der Waals surface area contributed by atoms with Gasteiger partial charge in [0.05, 0.1) is 22.4 Å². The molecular formula is C18H20N6. The Bertz CT molecular complexity index is 1030. The third kappa shape index (κ3) is 1.89. The second kappa shape index (κ2) is 4.74. The maximum atomic E-state index is 6.22. The molecule has 2 aromatic carbocycles. The minimum absolute atomic E-state index is 0.660. The molecule has 0 saturated heterocycles. The van der Waals surface area contributed by atoms with Crippen LogP contribution in [0.2, 0.25) is 0 Å². The van der Waals surface area contributed by atoms with Gasteiger partial charge in [-0.1, -0.05) is 0 Å². The molecule has 0 bridgehead atoms. The first kappa shape index (κ1) is 14.6. The number of aromatic nitrogens is 4. The highest BCUT2D eigenvalue weighted by Crippen LogP contribution is 2.31. The van der Waals surface area contributed by atoms with Crippen molar-refractivity contribution in [2.75, 3.05) is 11.5 Å². The lowest BCUT2D eigenvalue weighted by Gasteiger charge is -2.03. The first-order chi connectivity index (χ1) is 11.4. The predicted octanol–water partition coefficient (Wildman–Crippen LogP) is 3.50. The van der Waals surface area contributed by atoms with Crippen molar-refractivity contribution in [2.24, 2.45) is 0 Å². The summed E-state index contributed by atoms with van der Waals surface area (Å²) in [6.07, 6.45) is 0. The molecule has 0 atom stereocenters. The summed E-state index contributed by atoms with van der Waals surface area (Å²) >= 11 is 0. The summed E-state index contributed by atoms with van der Waals surface area (Å²) < 4.78 is 0. The highest BCUT2D eigenvalue weighted by atomic mass is 15.0. The van der Waals surface area contributed by atoms with Gasteiger partial charge in [0.15, 0.2) is 11.6 Å². The fourth-order valence-electron chi connectivity index (χ4n) is 3.05. The van der Waals surface area contributed by atoms with Gasteiger partial charge in [-0.25, -0.2) is 9.97 Å². The van der Waals surface area contributed by atoms with Gasteiger partial charge in [-0.3, -0.25) is 0 Å². The number of rotatable bonds is 1. The number of fused-ring (bicyclic) bond motifs is 2. The Morgan fingerprint density at radius 2 is 1.08 bits per heavy atom. The van der Waals surface area contributed by atoms with Gasteiger partial charge in [-0.2, -0.15) is 0 Å². The summed E-state index contributed by atoms with van der Waals surface area (Å²) in [7, 11) is 0. The number of aryl methyl sites for hydroxylation is 2. The monoisotopic (exact) mass is 320 g/mol. The molecule has 122 valence electrons. The highest BCUT2D eigenvalue weighted by Gasteiger charge is 2.16. The van der Waals surface area contributed by atoms with E-state index < -0.39 is 0 Å². The largest absolute Gasteiger partial charge is 0.397 e. The second-order valence-corrected chi connectivity index (χ2v) is 6.43. The number of hydrogen-bond acceptors (Lipinski definition) is 4. The van der Waals surface area contributed by atoms with Crippen molar-refractivity contribution in [1.82, 2.24) is 19.9 Å². The second-order valence-electron chi connectivity index (χ2n) is 6.43. The van der Waals surface area contributed by atoms with E-state index in [1.807, 2.05) is 27.7 Å². The van der Waals surface area contributed by atoms with Crippen molar-refractivity contribution in [3.8, 4) is 11.6 Å². The van der Waals surface area contributed by atoms with Crippen LogP contribution in [0.4, 0.5) is 11.4 Å². The zero-order valence-corrected chi connectivity index (χ0v) is 14.2. The van der Waals surface area contributed by atoms with Crippen LogP contribution in [0.25, 0.3) is 33.7 Å². The third-order valence-corrected chi connectivity index (χ3v) is 4.91. The molecule has 0 amide bonds. The van der Waals surface area contributed by atoms with Gasteiger partial charge in [0.2, 0.25) is 0 Å². The summed E-state index contributed by atoms with van der Waals surface area (Å²) in [5, 5.41) is 0. The molecule has 24 heavy (non-hydrogen) atoms. The molecule has 6 heteroatoms. The lowest BCUT2D eigenvalue weighted by molar-refractivity contribution is 1.22. The molecule has 4 rings (SSSR count). The zero-order chi connectivity index (χ0) is 17.2. The maximum absolute atomic E-state index is 6.22. The molecule has 0 saturated carbocycles. The van der Waals surface area contributed by atoms with E-state index in [1.165, 1.54) is 0 Å². The van der Waals surface area contributed by atoms with Crippen molar-refractivity contribution in [2.45, 2.75) is 27.7 Å². The van der Waals surface area contributed by atoms with Crippen LogP contribution in [0, 0.1) is 27.7 Å². The van der Waals surface area contributed by atoms with Crippen molar-refractivity contribution in [3.05, 3.63) is 34.4 Å². The Morgan fingerprint density at radius 1 is 0.708 bits per heavy atom. The summed E-state index contributed by atoms with van der Waals surface area (Å²) in [4.78, 5) is 15.9. The lowest BCUT2D eigenvalue weighted by Crippen LogP contribution is -1.93. The number of nitrogens with two attached hydrogens (primary N) is 2. The number of aromatic amines is 2. The van der Waals surface area contributed by atoms with E-state index in [2.05, 4.69) is 32.1 Å². The molecule has 4 aromatic rings. The van der Waals surface area contributed by atoms with Crippen molar-refractivity contribution in [1.29, 1.82) is 0 Å². The number of benzene rings is 2.